The van der Waals surface area contributed by atoms with E-state index in [1.807, 2.05) is 13.8 Å². The van der Waals surface area contributed by atoms with Crippen molar-refractivity contribution >= 4 is 17.2 Å². The first-order valence-electron chi connectivity index (χ1n) is 13.8. The second kappa shape index (κ2) is 12.1. The van der Waals surface area contributed by atoms with Crippen LogP contribution in [-0.2, 0) is 17.1 Å². The van der Waals surface area contributed by atoms with Gasteiger partial charge in [-0.25, -0.2) is 4.79 Å². The molecule has 1 fully saturated rings. The second-order valence-corrected chi connectivity index (χ2v) is 12.0. The van der Waals surface area contributed by atoms with Crippen molar-refractivity contribution < 1.29 is 62.6 Å². The molecule has 1 saturated heterocycles. The van der Waals surface area contributed by atoms with Gasteiger partial charge in [0.1, 0.15) is 17.4 Å². The third-order valence-corrected chi connectivity index (χ3v) is 8.15. The van der Waals surface area contributed by atoms with Crippen molar-refractivity contribution in [3.8, 4) is 5.75 Å². The number of hydrogen-bond donors (Lipinski definition) is 0. The zero-order chi connectivity index (χ0) is 34.6. The summed E-state index contributed by atoms with van der Waals surface area (Å²) in [5.74, 6) is 0.0651. The Morgan fingerprint density at radius 3 is 2.04 bits per heavy atom. The molecule has 1 aliphatic heterocycles. The van der Waals surface area contributed by atoms with Gasteiger partial charge in [0.2, 0.25) is 0 Å². The number of allylic oxidation sites excluding steroid dienone is 2. The van der Waals surface area contributed by atoms with Crippen LogP contribution in [0, 0.1) is 5.41 Å². The van der Waals surface area contributed by atoms with E-state index >= 15 is 0 Å². The van der Waals surface area contributed by atoms with Gasteiger partial charge in [-0.2, -0.15) is 48.3 Å². The number of cyclic esters (lactones) is 1. The molecule has 1 aliphatic carbocycles. The summed E-state index contributed by atoms with van der Waals surface area (Å²) in [7, 11) is 1.23. The average molecular weight is 672 g/mol. The Kier molecular flexibility index (Phi) is 9.23. The number of nitrogens with zero attached hydrogens (tertiary/aromatic N) is 1. The largest absolute Gasteiger partial charge is 0.496 e. The number of rotatable bonds is 6. The predicted molar refractivity (Wildman–Crippen MR) is 145 cm³/mol. The van der Waals surface area contributed by atoms with E-state index in [2.05, 4.69) is 0 Å². The molecule has 2 aliphatic rings. The number of hydrogen-bond acceptors (Lipinski definition) is 3. The summed E-state index contributed by atoms with van der Waals surface area (Å²) in [4.78, 5) is 14.2. The van der Waals surface area contributed by atoms with Crippen molar-refractivity contribution in [3.63, 3.8) is 0 Å². The molecule has 2 atom stereocenters. The first-order valence-corrected chi connectivity index (χ1v) is 13.8. The molecule has 0 bridgehead atoms. The lowest BCUT2D eigenvalue weighted by Gasteiger charge is -2.36. The Morgan fingerprint density at radius 1 is 0.957 bits per heavy atom. The molecule has 0 aromatic heterocycles. The summed E-state index contributed by atoms with van der Waals surface area (Å²) < 4.78 is 159. The van der Waals surface area contributed by atoms with Gasteiger partial charge in [-0.05, 0) is 84.2 Å². The van der Waals surface area contributed by atoms with Crippen LogP contribution in [0.1, 0.15) is 74.0 Å². The minimum Gasteiger partial charge on any atom is -0.496 e. The summed E-state index contributed by atoms with van der Waals surface area (Å²) in [5.41, 5.74) is -6.09. The van der Waals surface area contributed by atoms with Crippen molar-refractivity contribution in [3.05, 3.63) is 75.9 Å². The normalized spacial score (nSPS) is 20.6. The van der Waals surface area contributed by atoms with Crippen LogP contribution in [-0.4, -0.2) is 36.9 Å². The molecular formula is C31H28F11NO3. The van der Waals surface area contributed by atoms with Crippen LogP contribution in [0.2, 0.25) is 0 Å². The number of halogens is 11. The molecule has 0 spiro atoms. The lowest BCUT2D eigenvalue weighted by molar-refractivity contribution is -0.143. The van der Waals surface area contributed by atoms with Gasteiger partial charge in [0.05, 0.1) is 24.3 Å². The standard InChI is InChI=1S/C31H28F11NO3/c1-15-25(17-9-19(29(34,35)36)12-20(10-17)30(37,38)39)46-27(44)43(15)14-18-13-28(2,3)8-7-21(18)22-11-16(5-6-23(22)45-4)24(26(32)33)31(40,41)42/h5-6,9-12,15,25H,7-8,13-14H2,1-4H3/t15-,25-/m0/s1. The molecule has 2 aromatic rings. The van der Waals surface area contributed by atoms with Gasteiger partial charge in [-0.3, -0.25) is 4.90 Å². The number of amides is 1. The summed E-state index contributed by atoms with van der Waals surface area (Å²) in [6, 6.07) is 2.71. The quantitative estimate of drug-likeness (QED) is 0.287. The summed E-state index contributed by atoms with van der Waals surface area (Å²) in [5, 5.41) is 0. The third-order valence-electron chi connectivity index (χ3n) is 8.15. The second-order valence-electron chi connectivity index (χ2n) is 12.0. The number of benzene rings is 2. The van der Waals surface area contributed by atoms with Gasteiger partial charge in [-0.1, -0.05) is 19.9 Å². The first-order chi connectivity index (χ1) is 21.0. The predicted octanol–water partition coefficient (Wildman–Crippen LogP) is 10.4. The highest BCUT2D eigenvalue weighted by Crippen LogP contribution is 2.48. The Bertz CT molecular complexity index is 1530. The van der Waals surface area contributed by atoms with Gasteiger partial charge >= 0.3 is 24.6 Å². The van der Waals surface area contributed by atoms with E-state index in [1.165, 1.54) is 14.0 Å². The van der Waals surface area contributed by atoms with E-state index in [4.69, 9.17) is 9.47 Å². The number of methoxy groups -OCH3 is 1. The maximum absolute atomic E-state index is 13.5. The van der Waals surface area contributed by atoms with Crippen molar-refractivity contribution in [1.29, 1.82) is 0 Å². The molecule has 1 amide bonds. The van der Waals surface area contributed by atoms with Crippen LogP contribution >= 0.6 is 0 Å². The Balaban J connectivity index is 1.80. The minimum atomic E-state index is -5.38. The Hall–Kier alpha value is -3.78. The molecule has 0 N–H and O–H groups in total. The molecule has 0 saturated carbocycles. The highest BCUT2D eigenvalue weighted by Gasteiger charge is 2.45. The van der Waals surface area contributed by atoms with Crippen LogP contribution in [0.4, 0.5) is 53.1 Å². The fourth-order valence-electron chi connectivity index (χ4n) is 5.88. The highest BCUT2D eigenvalue weighted by atomic mass is 19.4. The summed E-state index contributed by atoms with van der Waals surface area (Å²) >= 11 is 0. The molecular weight excluding hydrogens is 643 g/mol. The zero-order valence-corrected chi connectivity index (χ0v) is 24.8. The number of alkyl halides is 9. The summed E-state index contributed by atoms with van der Waals surface area (Å²) in [6.07, 6.45) is -20.1. The number of carbonyl (C=O) groups excluding carboxylic acids is 1. The molecule has 15 heteroatoms. The molecule has 46 heavy (non-hydrogen) atoms. The maximum atomic E-state index is 13.5. The van der Waals surface area contributed by atoms with Gasteiger partial charge in [0.15, 0.2) is 0 Å². The molecule has 0 unspecified atom stereocenters. The maximum Gasteiger partial charge on any atom is 0.422 e. The molecule has 0 radical (unpaired) electrons. The van der Waals surface area contributed by atoms with E-state index < -0.39 is 76.1 Å². The lowest BCUT2D eigenvalue weighted by atomic mass is 9.72. The van der Waals surface area contributed by atoms with Crippen molar-refractivity contribution in [2.24, 2.45) is 5.41 Å². The van der Waals surface area contributed by atoms with Crippen LogP contribution in [0.3, 0.4) is 0 Å². The van der Waals surface area contributed by atoms with Gasteiger partial charge in [-0.15, -0.1) is 0 Å². The fourth-order valence-corrected chi connectivity index (χ4v) is 5.88. The van der Waals surface area contributed by atoms with Crippen LogP contribution in [0.15, 0.2) is 48.1 Å². The molecule has 4 nitrogen and oxygen atoms in total. The van der Waals surface area contributed by atoms with Crippen LogP contribution in [0.25, 0.3) is 11.1 Å². The van der Waals surface area contributed by atoms with Crippen molar-refractivity contribution in [1.82, 2.24) is 4.90 Å². The van der Waals surface area contributed by atoms with E-state index in [1.54, 1.807) is 0 Å². The smallest absolute Gasteiger partial charge is 0.422 e. The van der Waals surface area contributed by atoms with Crippen molar-refractivity contribution in [2.75, 3.05) is 13.7 Å². The van der Waals surface area contributed by atoms with Gasteiger partial charge in [0, 0.05) is 12.1 Å². The molecule has 4 rings (SSSR count). The molecule has 2 aromatic carbocycles. The van der Waals surface area contributed by atoms with Crippen molar-refractivity contribution in [2.45, 2.75) is 70.7 Å². The van der Waals surface area contributed by atoms with E-state index in [0.29, 0.717) is 29.7 Å². The minimum absolute atomic E-state index is 0.0421. The van der Waals surface area contributed by atoms with E-state index in [-0.39, 0.29) is 36.8 Å². The molecule has 252 valence electrons. The van der Waals surface area contributed by atoms with Gasteiger partial charge in [0.25, 0.3) is 6.08 Å². The topological polar surface area (TPSA) is 38.8 Å². The lowest BCUT2D eigenvalue weighted by Crippen LogP contribution is -2.35. The van der Waals surface area contributed by atoms with Gasteiger partial charge < -0.3 is 9.47 Å². The van der Waals surface area contributed by atoms with E-state index in [9.17, 15) is 53.1 Å². The van der Waals surface area contributed by atoms with Crippen LogP contribution < -0.4 is 4.74 Å². The van der Waals surface area contributed by atoms with Crippen LogP contribution in [0.5, 0.6) is 5.75 Å². The summed E-state index contributed by atoms with van der Waals surface area (Å²) in [6.45, 7) is 4.89. The molecule has 1 heterocycles. The Labute approximate surface area is 256 Å². The monoisotopic (exact) mass is 671 g/mol. The number of carbonyl (C=O) groups is 1. The first kappa shape index (κ1) is 35.1. The zero-order valence-electron chi connectivity index (χ0n) is 24.8. The van der Waals surface area contributed by atoms with E-state index in [0.717, 1.165) is 23.1 Å². The number of ether oxygens (including phenoxy) is 2. The fraction of sp³-hybridized carbons (Fsp3) is 0.452. The third kappa shape index (κ3) is 7.27. The SMILES string of the molecule is COc1ccc(C(=C(F)F)C(F)(F)F)cc1C1=C(CN2C(=O)O[C@H](c3cc(C(F)(F)F)cc(C(F)(F)F)c3)[C@@H]2C)CC(C)(C)CC1. The Morgan fingerprint density at radius 2 is 1.54 bits per heavy atom. The average Bonchev–Trinajstić information content (AvgIpc) is 3.19. The highest BCUT2D eigenvalue weighted by molar-refractivity contribution is 5.80.